The lowest BCUT2D eigenvalue weighted by Gasteiger charge is -2.17. The predicted octanol–water partition coefficient (Wildman–Crippen LogP) is 2.04. The van der Waals surface area contributed by atoms with Crippen LogP contribution >= 0.6 is 11.3 Å². The van der Waals surface area contributed by atoms with Crippen molar-refractivity contribution in [1.82, 2.24) is 10.6 Å². The van der Waals surface area contributed by atoms with Crippen molar-refractivity contribution in [3.63, 3.8) is 0 Å². The fourth-order valence-electron chi connectivity index (χ4n) is 2.21. The Morgan fingerprint density at radius 1 is 1.12 bits per heavy atom. The molecule has 0 radical (unpaired) electrons. The minimum atomic E-state index is -3.88. The van der Waals surface area contributed by atoms with Gasteiger partial charge >= 0.3 is 11.8 Å². The highest BCUT2D eigenvalue weighted by molar-refractivity contribution is 7.91. The Hall–Kier alpha value is -2.26. The summed E-state index contributed by atoms with van der Waals surface area (Å²) in [6, 6.07) is 7.83. The maximum Gasteiger partial charge on any atom is 0.309 e. The van der Waals surface area contributed by atoms with E-state index in [4.69, 9.17) is 0 Å². The van der Waals surface area contributed by atoms with Crippen LogP contribution in [0.5, 0.6) is 0 Å². The summed E-state index contributed by atoms with van der Waals surface area (Å²) in [4.78, 5) is 24.0. The molecule has 1 heterocycles. The van der Waals surface area contributed by atoms with Gasteiger partial charge in [-0.25, -0.2) is 12.8 Å². The van der Waals surface area contributed by atoms with Gasteiger partial charge in [0, 0.05) is 18.0 Å². The molecule has 2 aromatic rings. The molecule has 0 spiro atoms. The third-order valence-corrected chi connectivity index (χ3v) is 6.80. The number of hydrogen-bond donors (Lipinski definition) is 2. The van der Waals surface area contributed by atoms with Crippen LogP contribution < -0.4 is 10.6 Å². The molecular formula is C17H19FN2O4S2. The summed E-state index contributed by atoms with van der Waals surface area (Å²) in [6.45, 7) is 1.94. The van der Waals surface area contributed by atoms with Gasteiger partial charge in [0.2, 0.25) is 0 Å². The molecule has 1 atom stereocenters. The highest BCUT2D eigenvalue weighted by atomic mass is 32.2. The van der Waals surface area contributed by atoms with Crippen molar-refractivity contribution in [3.8, 4) is 0 Å². The van der Waals surface area contributed by atoms with E-state index in [-0.39, 0.29) is 11.4 Å². The Kier molecular flexibility index (Phi) is 6.87. The molecule has 0 saturated heterocycles. The van der Waals surface area contributed by atoms with Gasteiger partial charge in [-0.2, -0.15) is 0 Å². The number of hydrogen-bond acceptors (Lipinski definition) is 5. The van der Waals surface area contributed by atoms with E-state index in [9.17, 15) is 22.4 Å². The fraction of sp³-hybridized carbons (Fsp3) is 0.294. The number of thiophene rings is 1. The lowest BCUT2D eigenvalue weighted by Crippen LogP contribution is -2.42. The van der Waals surface area contributed by atoms with Gasteiger partial charge in [0.25, 0.3) is 0 Å². The van der Waals surface area contributed by atoms with Gasteiger partial charge < -0.3 is 10.6 Å². The minimum Gasteiger partial charge on any atom is -0.348 e. The van der Waals surface area contributed by atoms with E-state index in [2.05, 4.69) is 10.6 Å². The van der Waals surface area contributed by atoms with Gasteiger partial charge in [-0.05, 0) is 42.1 Å². The SMILES string of the molecule is CCCNC(=O)C(=O)NC[C@@H](c1cccs1)S(=O)(=O)c1ccc(F)cc1. The Labute approximate surface area is 155 Å². The van der Waals surface area contributed by atoms with Gasteiger partial charge in [-0.1, -0.05) is 13.0 Å². The van der Waals surface area contributed by atoms with Gasteiger partial charge in [-0.15, -0.1) is 11.3 Å². The van der Waals surface area contributed by atoms with Crippen LogP contribution in [0.3, 0.4) is 0 Å². The molecule has 6 nitrogen and oxygen atoms in total. The lowest BCUT2D eigenvalue weighted by atomic mass is 10.3. The second-order valence-electron chi connectivity index (χ2n) is 5.47. The summed E-state index contributed by atoms with van der Waals surface area (Å²) < 4.78 is 39.0. The van der Waals surface area contributed by atoms with E-state index < -0.39 is 32.7 Å². The van der Waals surface area contributed by atoms with Crippen LogP contribution in [-0.4, -0.2) is 33.3 Å². The molecule has 0 unspecified atom stereocenters. The van der Waals surface area contributed by atoms with Crippen LogP contribution in [0.25, 0.3) is 0 Å². The van der Waals surface area contributed by atoms with Gasteiger partial charge in [0.1, 0.15) is 11.1 Å². The number of rotatable bonds is 7. The quantitative estimate of drug-likeness (QED) is 0.551. The van der Waals surface area contributed by atoms with Crippen LogP contribution in [-0.2, 0) is 19.4 Å². The molecule has 9 heteroatoms. The van der Waals surface area contributed by atoms with Crippen molar-refractivity contribution in [3.05, 3.63) is 52.5 Å². The molecule has 26 heavy (non-hydrogen) atoms. The molecule has 0 saturated carbocycles. The van der Waals surface area contributed by atoms with Crippen LogP contribution in [0.2, 0.25) is 0 Å². The number of carbonyl (C=O) groups is 2. The molecule has 1 aromatic heterocycles. The molecule has 2 amide bonds. The topological polar surface area (TPSA) is 92.3 Å². The molecule has 0 aliphatic heterocycles. The van der Waals surface area contributed by atoms with Crippen molar-refractivity contribution < 1.29 is 22.4 Å². The Balaban J connectivity index is 2.21. The lowest BCUT2D eigenvalue weighted by molar-refractivity contribution is -0.139. The Morgan fingerprint density at radius 3 is 2.35 bits per heavy atom. The van der Waals surface area contributed by atoms with Crippen LogP contribution in [0, 0.1) is 5.82 Å². The second kappa shape index (κ2) is 8.91. The zero-order valence-electron chi connectivity index (χ0n) is 14.1. The maximum absolute atomic E-state index is 13.1. The summed E-state index contributed by atoms with van der Waals surface area (Å²) in [5.41, 5.74) is 0. The zero-order valence-corrected chi connectivity index (χ0v) is 15.7. The maximum atomic E-state index is 13.1. The van der Waals surface area contributed by atoms with Crippen LogP contribution in [0.4, 0.5) is 4.39 Å². The number of halogens is 1. The number of carbonyl (C=O) groups excluding carboxylic acids is 2. The van der Waals surface area contributed by atoms with Crippen molar-refractivity contribution in [2.24, 2.45) is 0 Å². The molecule has 0 aliphatic carbocycles. The largest absolute Gasteiger partial charge is 0.348 e. The van der Waals surface area contributed by atoms with Crippen molar-refractivity contribution in [1.29, 1.82) is 0 Å². The Morgan fingerprint density at radius 2 is 1.77 bits per heavy atom. The summed E-state index contributed by atoms with van der Waals surface area (Å²) >= 11 is 1.22. The zero-order chi connectivity index (χ0) is 19.2. The van der Waals surface area contributed by atoms with Gasteiger partial charge in [0.15, 0.2) is 9.84 Å². The third kappa shape index (κ3) is 4.89. The molecule has 1 aromatic carbocycles. The third-order valence-electron chi connectivity index (χ3n) is 3.57. The van der Waals surface area contributed by atoms with Crippen molar-refractivity contribution in [2.45, 2.75) is 23.5 Å². The monoisotopic (exact) mass is 398 g/mol. The summed E-state index contributed by atoms with van der Waals surface area (Å²) in [5, 5.41) is 5.44. The van der Waals surface area contributed by atoms with E-state index in [1.165, 1.54) is 23.5 Å². The Bertz CT molecular complexity index is 849. The average Bonchev–Trinajstić information content (AvgIpc) is 3.14. The molecule has 2 rings (SSSR count). The number of amides is 2. The predicted molar refractivity (Wildman–Crippen MR) is 97.0 cm³/mol. The molecule has 0 bridgehead atoms. The highest BCUT2D eigenvalue weighted by Crippen LogP contribution is 2.31. The van der Waals surface area contributed by atoms with Crippen LogP contribution in [0.15, 0.2) is 46.7 Å². The first kappa shape index (κ1) is 20.1. The number of nitrogens with one attached hydrogen (secondary N) is 2. The standard InChI is InChI=1S/C17H19FN2O4S2/c1-2-9-19-16(21)17(22)20-11-15(14-4-3-10-25-14)26(23,24)13-7-5-12(18)6-8-13/h3-8,10,15H,2,9,11H2,1H3,(H,19,21)(H,20,22)/t15-/m0/s1. The van der Waals surface area contributed by atoms with E-state index in [0.717, 1.165) is 12.1 Å². The van der Waals surface area contributed by atoms with Crippen molar-refractivity contribution in [2.75, 3.05) is 13.1 Å². The van der Waals surface area contributed by atoms with E-state index in [1.54, 1.807) is 17.5 Å². The van der Waals surface area contributed by atoms with Gasteiger partial charge in [0.05, 0.1) is 4.90 Å². The summed E-state index contributed by atoms with van der Waals surface area (Å²) in [6.07, 6.45) is 0.676. The molecule has 0 fully saturated rings. The van der Waals surface area contributed by atoms with E-state index in [0.29, 0.717) is 17.8 Å². The molecule has 0 aliphatic rings. The van der Waals surface area contributed by atoms with Gasteiger partial charge in [-0.3, -0.25) is 9.59 Å². The number of benzene rings is 1. The average molecular weight is 398 g/mol. The summed E-state index contributed by atoms with van der Waals surface area (Å²) in [7, 11) is -3.88. The summed E-state index contributed by atoms with van der Waals surface area (Å²) in [5.74, 6) is -2.25. The van der Waals surface area contributed by atoms with Crippen LogP contribution in [0.1, 0.15) is 23.5 Å². The normalized spacial score (nSPS) is 12.4. The highest BCUT2D eigenvalue weighted by Gasteiger charge is 2.31. The first-order chi connectivity index (χ1) is 12.4. The van der Waals surface area contributed by atoms with E-state index in [1.807, 2.05) is 6.92 Å². The second-order valence-corrected chi connectivity index (χ2v) is 8.58. The van der Waals surface area contributed by atoms with E-state index >= 15 is 0 Å². The smallest absolute Gasteiger partial charge is 0.309 e. The molecular weight excluding hydrogens is 379 g/mol. The molecule has 2 N–H and O–H groups in total. The van der Waals surface area contributed by atoms with Crippen molar-refractivity contribution >= 4 is 33.0 Å². The minimum absolute atomic E-state index is 0.0537. The first-order valence-electron chi connectivity index (χ1n) is 7.95. The first-order valence-corrected chi connectivity index (χ1v) is 10.4. The fourth-order valence-corrected chi connectivity index (χ4v) is 5.00. The molecule has 140 valence electrons. The number of sulfone groups is 1.